The molecule has 0 amide bonds. The Morgan fingerprint density at radius 1 is 1.31 bits per heavy atom. The van der Waals surface area contributed by atoms with Gasteiger partial charge in [-0.1, -0.05) is 5.16 Å². The van der Waals surface area contributed by atoms with Crippen molar-refractivity contribution >= 4 is 10.0 Å². The van der Waals surface area contributed by atoms with Crippen molar-refractivity contribution in [1.29, 1.82) is 0 Å². The number of aromatic nitrogens is 2. The molecule has 0 bridgehead atoms. The van der Waals surface area contributed by atoms with E-state index in [1.165, 1.54) is 4.31 Å². The van der Waals surface area contributed by atoms with Crippen LogP contribution in [0.4, 0.5) is 0 Å². The van der Waals surface area contributed by atoms with Crippen molar-refractivity contribution in [3.63, 3.8) is 0 Å². The summed E-state index contributed by atoms with van der Waals surface area (Å²) in [6, 6.07) is 6.49. The summed E-state index contributed by atoms with van der Waals surface area (Å²) in [6.45, 7) is 6.31. The minimum absolute atomic E-state index is 0.0700. The molecule has 8 nitrogen and oxygen atoms in total. The fourth-order valence-electron chi connectivity index (χ4n) is 2.80. The van der Waals surface area contributed by atoms with Crippen molar-refractivity contribution < 1.29 is 12.9 Å². The Labute approximate surface area is 154 Å². The van der Waals surface area contributed by atoms with Crippen LogP contribution in [0.25, 0.3) is 11.5 Å². The topological polar surface area (TPSA) is 91.6 Å². The molecule has 1 aromatic heterocycles. The van der Waals surface area contributed by atoms with Gasteiger partial charge in [-0.05, 0) is 45.2 Å². The van der Waals surface area contributed by atoms with Crippen LogP contribution in [0.15, 0.2) is 33.7 Å². The number of nitrogens with zero attached hydrogens (tertiary/aromatic N) is 4. The van der Waals surface area contributed by atoms with Crippen LogP contribution in [0.1, 0.15) is 25.7 Å². The number of hydrogen-bond donors (Lipinski definition) is 1. The molecule has 1 aromatic carbocycles. The van der Waals surface area contributed by atoms with E-state index in [0.29, 0.717) is 17.3 Å². The summed E-state index contributed by atoms with van der Waals surface area (Å²) in [5.41, 5.74) is 0.696. The monoisotopic (exact) mass is 379 g/mol. The van der Waals surface area contributed by atoms with Gasteiger partial charge in [0.15, 0.2) is 5.82 Å². The first-order valence-corrected chi connectivity index (χ1v) is 10.1. The van der Waals surface area contributed by atoms with E-state index < -0.39 is 10.0 Å². The molecule has 1 atom stereocenters. The van der Waals surface area contributed by atoms with E-state index >= 15 is 0 Å². The van der Waals surface area contributed by atoms with E-state index in [2.05, 4.69) is 20.4 Å². The summed E-state index contributed by atoms with van der Waals surface area (Å²) < 4.78 is 31.8. The molecule has 142 valence electrons. The minimum Gasteiger partial charge on any atom is -0.334 e. The first kappa shape index (κ1) is 19.0. The van der Waals surface area contributed by atoms with Gasteiger partial charge in [0.1, 0.15) is 0 Å². The molecule has 2 heterocycles. The molecule has 1 fully saturated rings. The smallest absolute Gasteiger partial charge is 0.257 e. The highest BCUT2D eigenvalue weighted by Crippen LogP contribution is 2.25. The molecule has 26 heavy (non-hydrogen) atoms. The summed E-state index contributed by atoms with van der Waals surface area (Å²) in [5, 5.41) is 7.42. The Hall–Kier alpha value is -1.81. The van der Waals surface area contributed by atoms with Gasteiger partial charge in [0.2, 0.25) is 10.0 Å². The van der Waals surface area contributed by atoms with Crippen LogP contribution in [-0.2, 0) is 10.0 Å². The Bertz CT molecular complexity index is 848. The second kappa shape index (κ2) is 7.43. The predicted molar refractivity (Wildman–Crippen MR) is 98.1 cm³/mol. The Morgan fingerprint density at radius 2 is 2.00 bits per heavy atom. The van der Waals surface area contributed by atoms with Crippen LogP contribution in [0.5, 0.6) is 0 Å². The van der Waals surface area contributed by atoms with Crippen molar-refractivity contribution in [2.24, 2.45) is 0 Å². The standard InChI is InChI=1S/C17H25N5O3S/c1-12(2)22(4)26(23,24)14-7-5-13(6-8-14)17-19-16(20-25-17)15-11-18-9-10-21(15)3/h5-8,12,15,18H,9-11H2,1-4H3. The average Bonchev–Trinajstić information content (AvgIpc) is 3.11. The van der Waals surface area contributed by atoms with Gasteiger partial charge >= 0.3 is 0 Å². The Kier molecular flexibility index (Phi) is 5.42. The highest BCUT2D eigenvalue weighted by molar-refractivity contribution is 7.89. The largest absolute Gasteiger partial charge is 0.334 e. The van der Waals surface area contributed by atoms with Crippen LogP contribution < -0.4 is 5.32 Å². The lowest BCUT2D eigenvalue weighted by Crippen LogP contribution is -2.44. The van der Waals surface area contributed by atoms with Crippen molar-refractivity contribution in [1.82, 2.24) is 24.7 Å². The summed E-state index contributed by atoms with van der Waals surface area (Å²) >= 11 is 0. The molecule has 0 spiro atoms. The number of benzene rings is 1. The molecule has 0 aliphatic carbocycles. The molecule has 0 saturated carbocycles. The Morgan fingerprint density at radius 3 is 2.62 bits per heavy atom. The van der Waals surface area contributed by atoms with E-state index in [1.54, 1.807) is 31.3 Å². The number of rotatable bonds is 5. The third-order valence-corrected chi connectivity index (χ3v) is 6.80. The molecular weight excluding hydrogens is 354 g/mol. The molecule has 0 radical (unpaired) electrons. The fourth-order valence-corrected chi connectivity index (χ4v) is 4.16. The highest BCUT2D eigenvalue weighted by Gasteiger charge is 2.26. The molecule has 1 unspecified atom stereocenters. The number of sulfonamides is 1. The van der Waals surface area contributed by atoms with Gasteiger partial charge in [-0.15, -0.1) is 0 Å². The normalized spacial score (nSPS) is 19.4. The molecule has 1 aliphatic rings. The second-order valence-corrected chi connectivity index (χ2v) is 8.80. The number of likely N-dealkylation sites (N-methyl/N-ethyl adjacent to an activating group) is 1. The highest BCUT2D eigenvalue weighted by atomic mass is 32.2. The van der Waals surface area contributed by atoms with Crippen molar-refractivity contribution in [3.05, 3.63) is 30.1 Å². The summed E-state index contributed by atoms with van der Waals surface area (Å²) in [7, 11) is 0.106. The lowest BCUT2D eigenvalue weighted by molar-refractivity contribution is 0.190. The van der Waals surface area contributed by atoms with Crippen LogP contribution in [0.3, 0.4) is 0 Å². The fraction of sp³-hybridized carbons (Fsp3) is 0.529. The molecular formula is C17H25N5O3S. The van der Waals surface area contributed by atoms with E-state index in [9.17, 15) is 8.42 Å². The number of hydrogen-bond acceptors (Lipinski definition) is 7. The molecule has 1 aliphatic heterocycles. The maximum absolute atomic E-state index is 12.5. The maximum Gasteiger partial charge on any atom is 0.257 e. The van der Waals surface area contributed by atoms with Crippen molar-refractivity contribution in [2.75, 3.05) is 33.7 Å². The Balaban J connectivity index is 1.81. The third-order valence-electron chi connectivity index (χ3n) is 4.76. The van der Waals surface area contributed by atoms with Crippen molar-refractivity contribution in [3.8, 4) is 11.5 Å². The molecule has 3 rings (SSSR count). The van der Waals surface area contributed by atoms with Crippen LogP contribution in [-0.4, -0.2) is 67.5 Å². The molecule has 2 aromatic rings. The van der Waals surface area contributed by atoms with Gasteiger partial charge in [0.25, 0.3) is 5.89 Å². The van der Waals surface area contributed by atoms with E-state index in [0.717, 1.165) is 19.6 Å². The van der Waals surface area contributed by atoms with Crippen LogP contribution in [0.2, 0.25) is 0 Å². The van der Waals surface area contributed by atoms with Crippen LogP contribution >= 0.6 is 0 Å². The van der Waals surface area contributed by atoms with Gasteiger partial charge in [-0.3, -0.25) is 4.90 Å². The van der Waals surface area contributed by atoms with Gasteiger partial charge < -0.3 is 9.84 Å². The third kappa shape index (κ3) is 3.66. The van der Waals surface area contributed by atoms with E-state index in [-0.39, 0.29) is 17.0 Å². The quantitative estimate of drug-likeness (QED) is 0.838. The van der Waals surface area contributed by atoms with E-state index in [1.807, 2.05) is 20.9 Å². The minimum atomic E-state index is -3.50. The lowest BCUT2D eigenvalue weighted by atomic mass is 10.2. The zero-order valence-corrected chi connectivity index (χ0v) is 16.3. The second-order valence-electron chi connectivity index (χ2n) is 6.80. The van der Waals surface area contributed by atoms with E-state index in [4.69, 9.17) is 4.52 Å². The number of piperazine rings is 1. The van der Waals surface area contributed by atoms with Crippen LogP contribution in [0, 0.1) is 0 Å². The number of nitrogens with one attached hydrogen (secondary N) is 1. The SMILES string of the molecule is CC(C)N(C)S(=O)(=O)c1ccc(-c2nc(C3CNCCN3C)no2)cc1. The lowest BCUT2D eigenvalue weighted by Gasteiger charge is -2.30. The van der Waals surface area contributed by atoms with Gasteiger partial charge in [0.05, 0.1) is 10.9 Å². The van der Waals surface area contributed by atoms with Gasteiger partial charge in [0, 0.05) is 38.3 Å². The zero-order chi connectivity index (χ0) is 18.9. The molecule has 1 N–H and O–H groups in total. The average molecular weight is 379 g/mol. The van der Waals surface area contributed by atoms with Gasteiger partial charge in [-0.25, -0.2) is 8.42 Å². The zero-order valence-electron chi connectivity index (χ0n) is 15.5. The predicted octanol–water partition coefficient (Wildman–Crippen LogP) is 1.34. The van der Waals surface area contributed by atoms with Crippen molar-refractivity contribution in [2.45, 2.75) is 30.8 Å². The molecule has 1 saturated heterocycles. The summed E-state index contributed by atoms with van der Waals surface area (Å²) in [4.78, 5) is 6.92. The molecule has 9 heteroatoms. The summed E-state index contributed by atoms with van der Waals surface area (Å²) in [6.07, 6.45) is 0. The maximum atomic E-state index is 12.5. The summed E-state index contributed by atoms with van der Waals surface area (Å²) in [5.74, 6) is 1.02. The first-order chi connectivity index (χ1) is 12.3. The van der Waals surface area contributed by atoms with Gasteiger partial charge in [-0.2, -0.15) is 9.29 Å². The first-order valence-electron chi connectivity index (χ1n) is 8.63.